The van der Waals surface area contributed by atoms with Gasteiger partial charge in [0.05, 0.1) is 20.3 Å². The quantitative estimate of drug-likeness (QED) is 0.158. The molecule has 240 valence electrons. The van der Waals surface area contributed by atoms with E-state index in [1.54, 1.807) is 18.2 Å². The van der Waals surface area contributed by atoms with E-state index in [1.807, 2.05) is 30.3 Å². The highest BCUT2D eigenvalue weighted by Gasteiger charge is 2.09. The number of aromatic hydroxyl groups is 1. The first-order valence-electron chi connectivity index (χ1n) is 16.3. The molecule has 7 nitrogen and oxygen atoms in total. The van der Waals surface area contributed by atoms with Gasteiger partial charge in [0.1, 0.15) is 12.4 Å². The Kier molecular flexibility index (Phi) is 16.8. The highest BCUT2D eigenvalue weighted by atomic mass is 16.5. The Hall–Kier alpha value is -3.55. The van der Waals surface area contributed by atoms with Crippen LogP contribution in [0, 0.1) is 0 Å². The molecular weight excluding hydrogens is 552 g/mol. The summed E-state index contributed by atoms with van der Waals surface area (Å²) < 4.78 is 16.2. The number of hydrogen-bond donors (Lipinski definition) is 2. The third-order valence-electron chi connectivity index (χ3n) is 7.71. The van der Waals surface area contributed by atoms with Gasteiger partial charge in [-0.25, -0.2) is 0 Å². The summed E-state index contributed by atoms with van der Waals surface area (Å²) in [4.78, 5) is 14.2. The summed E-state index contributed by atoms with van der Waals surface area (Å²) >= 11 is 0. The van der Waals surface area contributed by atoms with Gasteiger partial charge >= 0.3 is 0 Å². The smallest absolute Gasteiger partial charge is 0.220 e. The van der Waals surface area contributed by atoms with E-state index in [0.29, 0.717) is 25.3 Å². The van der Waals surface area contributed by atoms with Crippen LogP contribution in [-0.2, 0) is 29.1 Å². The van der Waals surface area contributed by atoms with Crippen molar-refractivity contribution in [2.75, 3.05) is 40.0 Å². The number of benzene rings is 3. The van der Waals surface area contributed by atoms with E-state index in [9.17, 15) is 9.90 Å². The van der Waals surface area contributed by atoms with Crippen molar-refractivity contribution in [1.82, 2.24) is 10.2 Å². The number of rotatable bonds is 17. The first-order chi connectivity index (χ1) is 21.6. The molecular formula is C37H52N2O5. The molecule has 1 fully saturated rings. The molecule has 1 aliphatic heterocycles. The van der Waals surface area contributed by atoms with E-state index in [0.717, 1.165) is 56.9 Å². The van der Waals surface area contributed by atoms with E-state index in [1.165, 1.54) is 56.9 Å². The zero-order valence-electron chi connectivity index (χ0n) is 26.8. The number of phenolic OH excluding ortho intramolecular Hbond substituents is 1. The third-order valence-corrected chi connectivity index (χ3v) is 7.71. The molecule has 0 atom stereocenters. The summed E-state index contributed by atoms with van der Waals surface area (Å²) in [5.74, 6) is 1.54. The van der Waals surface area contributed by atoms with Gasteiger partial charge in [0.15, 0.2) is 11.5 Å². The number of nitrogens with one attached hydrogen (secondary N) is 1. The monoisotopic (exact) mass is 604 g/mol. The van der Waals surface area contributed by atoms with Crippen molar-refractivity contribution in [3.8, 4) is 17.2 Å². The average molecular weight is 605 g/mol. The van der Waals surface area contributed by atoms with Gasteiger partial charge in [-0.05, 0) is 66.8 Å². The molecule has 1 amide bonds. The number of para-hydroxylation sites is 1. The molecule has 3 aromatic carbocycles. The second kappa shape index (κ2) is 21.2. The van der Waals surface area contributed by atoms with Crippen molar-refractivity contribution in [1.29, 1.82) is 0 Å². The van der Waals surface area contributed by atoms with Crippen molar-refractivity contribution >= 4 is 5.91 Å². The number of hydrogen-bond acceptors (Lipinski definition) is 6. The van der Waals surface area contributed by atoms with Gasteiger partial charge in [0, 0.05) is 26.1 Å². The molecule has 1 aliphatic rings. The fourth-order valence-electron chi connectivity index (χ4n) is 5.00. The highest BCUT2D eigenvalue weighted by Crippen LogP contribution is 2.26. The Morgan fingerprint density at radius 1 is 0.864 bits per heavy atom. The van der Waals surface area contributed by atoms with E-state index in [4.69, 9.17) is 14.2 Å². The first-order valence-corrected chi connectivity index (χ1v) is 16.3. The Labute approximate surface area is 264 Å². The number of methoxy groups -OCH3 is 1. The number of morpholine rings is 1. The molecule has 0 unspecified atom stereocenters. The number of ether oxygens (including phenoxy) is 3. The van der Waals surface area contributed by atoms with Crippen LogP contribution in [0.4, 0.5) is 0 Å². The number of carbonyl (C=O) groups excluding carboxylic acids is 1. The van der Waals surface area contributed by atoms with Crippen molar-refractivity contribution in [2.45, 2.75) is 77.9 Å². The molecule has 7 heteroatoms. The van der Waals surface area contributed by atoms with Gasteiger partial charge < -0.3 is 24.6 Å². The van der Waals surface area contributed by atoms with Gasteiger partial charge in [-0.15, -0.1) is 0 Å². The Morgan fingerprint density at radius 3 is 2.27 bits per heavy atom. The predicted octanol–water partition coefficient (Wildman–Crippen LogP) is 7.30. The molecule has 3 aromatic rings. The zero-order valence-corrected chi connectivity index (χ0v) is 26.8. The minimum Gasteiger partial charge on any atom is -0.504 e. The Bertz CT molecular complexity index is 1180. The molecule has 2 N–H and O–H groups in total. The lowest BCUT2D eigenvalue weighted by Crippen LogP contribution is -2.36. The van der Waals surface area contributed by atoms with Crippen molar-refractivity contribution in [3.05, 3.63) is 89.5 Å². The standard InChI is InChI=1S/C20H25NO2.C17H27NO3/c1-2-6-20(7-3-1)23-17-19-10-8-18(9-11-19)5-4-12-21-13-15-22-16-14-21;1-3-4-5-6-7-8-9-17(20)18-13-14-10-11-15(19)16(12-14)21-2/h1-3,6-11H,4-5,12-17H2;10-12,19H,3-9,13H2,1-2H3,(H,18,20). The van der Waals surface area contributed by atoms with Crippen LogP contribution in [0.15, 0.2) is 72.8 Å². The fraction of sp³-hybridized carbons (Fsp3) is 0.486. The molecule has 1 saturated heterocycles. The van der Waals surface area contributed by atoms with E-state index >= 15 is 0 Å². The van der Waals surface area contributed by atoms with Crippen molar-refractivity contribution in [2.24, 2.45) is 0 Å². The molecule has 0 aliphatic carbocycles. The summed E-state index contributed by atoms with van der Waals surface area (Å²) in [5, 5.41) is 12.4. The van der Waals surface area contributed by atoms with Gasteiger partial charge in [-0.3, -0.25) is 9.69 Å². The normalized spacial score (nSPS) is 13.0. The Balaban J connectivity index is 0.000000242. The number of amides is 1. The minimum absolute atomic E-state index is 0.0810. The summed E-state index contributed by atoms with van der Waals surface area (Å²) in [7, 11) is 1.51. The number of unbranched alkanes of at least 4 members (excludes halogenated alkanes) is 5. The van der Waals surface area contributed by atoms with E-state index < -0.39 is 0 Å². The van der Waals surface area contributed by atoms with E-state index in [-0.39, 0.29) is 11.7 Å². The third kappa shape index (κ3) is 14.3. The molecule has 0 bridgehead atoms. The van der Waals surface area contributed by atoms with Gasteiger partial charge in [0.25, 0.3) is 0 Å². The van der Waals surface area contributed by atoms with Gasteiger partial charge in [-0.2, -0.15) is 0 Å². The van der Waals surface area contributed by atoms with Gasteiger partial charge in [0.2, 0.25) is 5.91 Å². The van der Waals surface area contributed by atoms with Crippen LogP contribution in [0.3, 0.4) is 0 Å². The molecule has 0 saturated carbocycles. The summed E-state index contributed by atoms with van der Waals surface area (Å²) in [5.41, 5.74) is 3.54. The molecule has 0 radical (unpaired) electrons. The highest BCUT2D eigenvalue weighted by molar-refractivity contribution is 5.75. The second-order valence-electron chi connectivity index (χ2n) is 11.3. The molecule has 1 heterocycles. The lowest BCUT2D eigenvalue weighted by molar-refractivity contribution is -0.121. The predicted molar refractivity (Wildman–Crippen MR) is 177 cm³/mol. The maximum Gasteiger partial charge on any atom is 0.220 e. The van der Waals surface area contributed by atoms with Crippen LogP contribution in [0.2, 0.25) is 0 Å². The fourth-order valence-corrected chi connectivity index (χ4v) is 5.00. The first kappa shape index (κ1) is 34.9. The van der Waals surface area contributed by atoms with Crippen LogP contribution < -0.4 is 14.8 Å². The molecule has 4 rings (SSSR count). The maximum absolute atomic E-state index is 11.7. The largest absolute Gasteiger partial charge is 0.504 e. The zero-order chi connectivity index (χ0) is 31.2. The van der Waals surface area contributed by atoms with Crippen LogP contribution in [-0.4, -0.2) is 55.9 Å². The SMILES string of the molecule is CCCCCCCCC(=O)NCc1ccc(O)c(OC)c1.c1ccc(OCc2ccc(CCCN3CCOCC3)cc2)cc1. The second-order valence-corrected chi connectivity index (χ2v) is 11.3. The van der Waals surface area contributed by atoms with Crippen LogP contribution in [0.5, 0.6) is 17.2 Å². The van der Waals surface area contributed by atoms with Crippen LogP contribution in [0.1, 0.15) is 75.0 Å². The van der Waals surface area contributed by atoms with Crippen LogP contribution >= 0.6 is 0 Å². The number of carbonyl (C=O) groups is 1. The summed E-state index contributed by atoms with van der Waals surface area (Å²) in [6.07, 6.45) is 10.0. The van der Waals surface area contributed by atoms with Crippen molar-refractivity contribution in [3.63, 3.8) is 0 Å². The van der Waals surface area contributed by atoms with Gasteiger partial charge in [-0.1, -0.05) is 87.6 Å². The Morgan fingerprint density at radius 2 is 1.55 bits per heavy atom. The number of phenols is 1. The summed E-state index contributed by atoms with van der Waals surface area (Å²) in [6, 6.07) is 23.8. The van der Waals surface area contributed by atoms with Crippen molar-refractivity contribution < 1.29 is 24.1 Å². The molecule has 0 aromatic heterocycles. The topological polar surface area (TPSA) is 80.3 Å². The summed E-state index contributed by atoms with van der Waals surface area (Å²) in [6.45, 7) is 8.38. The maximum atomic E-state index is 11.7. The number of aryl methyl sites for hydroxylation is 1. The molecule has 44 heavy (non-hydrogen) atoms. The van der Waals surface area contributed by atoms with Crippen LogP contribution in [0.25, 0.3) is 0 Å². The molecule has 0 spiro atoms. The number of nitrogens with zero attached hydrogens (tertiary/aromatic N) is 1. The average Bonchev–Trinajstić information content (AvgIpc) is 3.07. The lowest BCUT2D eigenvalue weighted by Gasteiger charge is -2.26. The van der Waals surface area contributed by atoms with E-state index in [2.05, 4.69) is 41.4 Å². The minimum atomic E-state index is 0.0810. The lowest BCUT2D eigenvalue weighted by atomic mass is 10.1.